The van der Waals surface area contributed by atoms with Gasteiger partial charge in [0.2, 0.25) is 0 Å². The van der Waals surface area contributed by atoms with Crippen LogP contribution in [0.2, 0.25) is 0 Å². The number of carboxylic acids is 1. The largest absolute Gasteiger partial charge is 0.477 e. The molecule has 1 atom stereocenters. The van der Waals surface area contributed by atoms with Gasteiger partial charge < -0.3 is 14.2 Å². The van der Waals surface area contributed by atoms with Gasteiger partial charge in [0.25, 0.3) is 0 Å². The van der Waals surface area contributed by atoms with Crippen LogP contribution in [0.15, 0.2) is 4.90 Å². The molecule has 0 amide bonds. The van der Waals surface area contributed by atoms with Crippen molar-refractivity contribution in [2.45, 2.75) is 18.7 Å². The second kappa shape index (κ2) is 3.55. The molecule has 78 valence electrons. The van der Waals surface area contributed by atoms with E-state index in [0.29, 0.717) is 11.3 Å². The van der Waals surface area contributed by atoms with Gasteiger partial charge in [-0.05, 0) is 13.8 Å². The van der Waals surface area contributed by atoms with E-state index in [9.17, 15) is 9.00 Å². The summed E-state index contributed by atoms with van der Waals surface area (Å²) >= 11 is -2.14. The Balaban J connectivity index is 3.57. The van der Waals surface area contributed by atoms with Gasteiger partial charge in [-0.3, -0.25) is 0 Å². The molecule has 0 fully saturated rings. The third kappa shape index (κ3) is 1.46. The molecule has 0 bridgehead atoms. The van der Waals surface area contributed by atoms with Crippen LogP contribution < -0.4 is 0 Å². The molecule has 1 unspecified atom stereocenters. The van der Waals surface area contributed by atoms with Crippen LogP contribution in [0.4, 0.5) is 0 Å². The van der Waals surface area contributed by atoms with Crippen LogP contribution >= 0.6 is 0 Å². The number of nitrogens with zero attached hydrogens (tertiary/aromatic N) is 1. The third-order valence-corrected chi connectivity index (χ3v) is 3.19. The smallest absolute Gasteiger partial charge is 0.352 e. The first kappa shape index (κ1) is 10.9. The van der Waals surface area contributed by atoms with Gasteiger partial charge in [0.15, 0.2) is 11.1 Å². The first-order chi connectivity index (χ1) is 6.37. The monoisotopic (exact) mass is 217 g/mol. The van der Waals surface area contributed by atoms with Crippen molar-refractivity contribution in [3.63, 3.8) is 0 Å². The Morgan fingerprint density at radius 2 is 1.93 bits per heavy atom. The Kier molecular flexibility index (Phi) is 2.77. The first-order valence-electron chi connectivity index (χ1n) is 3.88. The van der Waals surface area contributed by atoms with E-state index in [4.69, 9.17) is 9.66 Å². The molecule has 1 heterocycles. The van der Waals surface area contributed by atoms with E-state index < -0.39 is 17.0 Å². The van der Waals surface area contributed by atoms with E-state index in [1.807, 2.05) is 0 Å². The number of hydrogen-bond donors (Lipinski definition) is 2. The van der Waals surface area contributed by atoms with E-state index >= 15 is 0 Å². The van der Waals surface area contributed by atoms with Crippen molar-refractivity contribution in [3.8, 4) is 0 Å². The number of rotatable bonds is 2. The highest BCUT2D eigenvalue weighted by Crippen LogP contribution is 2.23. The highest BCUT2D eigenvalue weighted by Gasteiger charge is 2.22. The fourth-order valence-electron chi connectivity index (χ4n) is 1.51. The lowest BCUT2D eigenvalue weighted by atomic mass is 10.2. The molecular formula is C8H11NO4S. The number of aromatic carboxylic acids is 1. The van der Waals surface area contributed by atoms with Crippen LogP contribution in [0, 0.1) is 13.8 Å². The van der Waals surface area contributed by atoms with Crippen LogP contribution in [-0.2, 0) is 18.1 Å². The quantitative estimate of drug-likeness (QED) is 0.722. The molecule has 1 aromatic heterocycles. The first-order valence-corrected chi connectivity index (χ1v) is 4.98. The lowest BCUT2D eigenvalue weighted by Crippen LogP contribution is -2.06. The summed E-state index contributed by atoms with van der Waals surface area (Å²) in [5, 5.41) is 8.86. The topological polar surface area (TPSA) is 79.5 Å². The van der Waals surface area contributed by atoms with Gasteiger partial charge in [-0.2, -0.15) is 0 Å². The van der Waals surface area contributed by atoms with E-state index in [0.717, 1.165) is 0 Å². The van der Waals surface area contributed by atoms with E-state index in [1.54, 1.807) is 14.0 Å². The average Bonchev–Trinajstić information content (AvgIpc) is 2.23. The van der Waals surface area contributed by atoms with E-state index in [1.165, 1.54) is 11.5 Å². The summed E-state index contributed by atoms with van der Waals surface area (Å²) in [7, 11) is 1.56. The van der Waals surface area contributed by atoms with Crippen LogP contribution in [-0.4, -0.2) is 24.4 Å². The predicted octanol–water partition coefficient (Wildman–Crippen LogP) is 0.921. The van der Waals surface area contributed by atoms with Crippen LogP contribution in [0.3, 0.4) is 0 Å². The second-order valence-corrected chi connectivity index (χ2v) is 3.91. The summed E-state index contributed by atoms with van der Waals surface area (Å²) in [6.07, 6.45) is 0. The molecule has 0 saturated heterocycles. The molecule has 0 aromatic carbocycles. The molecule has 0 aliphatic heterocycles. The van der Waals surface area contributed by atoms with E-state index in [-0.39, 0.29) is 10.6 Å². The van der Waals surface area contributed by atoms with Crippen LogP contribution in [0.5, 0.6) is 0 Å². The zero-order valence-corrected chi connectivity index (χ0v) is 8.88. The maximum Gasteiger partial charge on any atom is 0.352 e. The van der Waals surface area contributed by atoms with Crippen LogP contribution in [0.25, 0.3) is 0 Å². The van der Waals surface area contributed by atoms with Gasteiger partial charge in [-0.15, -0.1) is 0 Å². The number of carboxylic acid groups (broad SMARTS) is 1. The number of hydrogen-bond acceptors (Lipinski definition) is 2. The Morgan fingerprint density at radius 1 is 1.43 bits per heavy atom. The predicted molar refractivity (Wildman–Crippen MR) is 50.9 cm³/mol. The normalized spacial score (nSPS) is 12.9. The van der Waals surface area contributed by atoms with Crippen molar-refractivity contribution < 1.29 is 18.7 Å². The Bertz CT molecular complexity index is 384. The molecule has 1 aromatic rings. The lowest BCUT2D eigenvalue weighted by Gasteiger charge is -1.99. The van der Waals surface area contributed by atoms with Crippen molar-refractivity contribution in [2.24, 2.45) is 7.05 Å². The summed E-state index contributed by atoms with van der Waals surface area (Å²) in [5.41, 5.74) is 0.902. The van der Waals surface area contributed by atoms with Gasteiger partial charge in [-0.1, -0.05) is 0 Å². The van der Waals surface area contributed by atoms with Crippen molar-refractivity contribution in [1.29, 1.82) is 0 Å². The van der Waals surface area contributed by atoms with Gasteiger partial charge >= 0.3 is 5.97 Å². The molecule has 0 aliphatic carbocycles. The maximum absolute atomic E-state index is 10.9. The maximum atomic E-state index is 10.9. The molecular weight excluding hydrogens is 206 g/mol. The molecule has 14 heavy (non-hydrogen) atoms. The van der Waals surface area contributed by atoms with Gasteiger partial charge in [0.05, 0.1) is 4.90 Å². The highest BCUT2D eigenvalue weighted by atomic mass is 32.2. The van der Waals surface area contributed by atoms with Crippen molar-refractivity contribution in [3.05, 3.63) is 17.0 Å². The molecule has 2 N–H and O–H groups in total. The average molecular weight is 217 g/mol. The minimum atomic E-state index is -2.14. The highest BCUT2D eigenvalue weighted by molar-refractivity contribution is 7.79. The molecule has 0 saturated carbocycles. The van der Waals surface area contributed by atoms with Crippen molar-refractivity contribution >= 4 is 17.0 Å². The fraction of sp³-hybridized carbons (Fsp3) is 0.375. The van der Waals surface area contributed by atoms with Crippen LogP contribution in [0.1, 0.15) is 21.7 Å². The van der Waals surface area contributed by atoms with Crippen molar-refractivity contribution in [1.82, 2.24) is 4.57 Å². The summed E-state index contributed by atoms with van der Waals surface area (Å²) in [4.78, 5) is 11.0. The molecule has 0 radical (unpaired) electrons. The fourth-order valence-corrected chi connectivity index (χ4v) is 2.26. The minimum absolute atomic E-state index is 0.0555. The Morgan fingerprint density at radius 3 is 2.14 bits per heavy atom. The second-order valence-electron chi connectivity index (χ2n) is 3.00. The molecule has 6 heteroatoms. The van der Waals surface area contributed by atoms with Gasteiger partial charge in [0.1, 0.15) is 5.69 Å². The number of aromatic nitrogens is 1. The molecule has 5 nitrogen and oxygen atoms in total. The summed E-state index contributed by atoms with van der Waals surface area (Å²) < 4.78 is 21.3. The zero-order valence-electron chi connectivity index (χ0n) is 8.07. The zero-order chi connectivity index (χ0) is 11.0. The molecule has 1 rings (SSSR count). The number of carbonyl (C=O) groups is 1. The summed E-state index contributed by atoms with van der Waals surface area (Å²) in [6.45, 7) is 3.14. The molecule has 0 spiro atoms. The van der Waals surface area contributed by atoms with Gasteiger partial charge in [0, 0.05) is 18.3 Å². The lowest BCUT2D eigenvalue weighted by molar-refractivity contribution is 0.0685. The van der Waals surface area contributed by atoms with Gasteiger partial charge in [-0.25, -0.2) is 9.00 Å². The SMILES string of the molecule is Cc1c(S(=O)O)c(C)n(C)c1C(=O)O. The standard InChI is InChI=1S/C8H11NO4S/c1-4-6(8(10)11)9(3)5(2)7(4)14(12)13/h1-3H3,(H,10,11)(H,12,13). The molecule has 0 aliphatic rings. The summed E-state index contributed by atoms with van der Waals surface area (Å²) in [5.74, 6) is -1.09. The minimum Gasteiger partial charge on any atom is -0.477 e. The Hall–Kier alpha value is -1.14. The Labute approximate surface area is 83.6 Å². The summed E-state index contributed by atoms with van der Waals surface area (Å²) in [6, 6.07) is 0. The third-order valence-electron chi connectivity index (χ3n) is 2.24. The van der Waals surface area contributed by atoms with Crippen molar-refractivity contribution in [2.75, 3.05) is 0 Å². The van der Waals surface area contributed by atoms with E-state index in [2.05, 4.69) is 0 Å².